The minimum absolute atomic E-state index is 0.0265. The van der Waals surface area contributed by atoms with E-state index < -0.39 is 0 Å². The van der Waals surface area contributed by atoms with Gasteiger partial charge in [0.1, 0.15) is 0 Å². The molecule has 0 aromatic heterocycles. The van der Waals surface area contributed by atoms with E-state index in [9.17, 15) is 4.79 Å². The highest BCUT2D eigenvalue weighted by atomic mass is 16.1. The van der Waals surface area contributed by atoms with E-state index in [1.807, 2.05) is 32.2 Å². The lowest BCUT2D eigenvalue weighted by molar-refractivity contribution is 0.0950. The first-order valence-electron chi connectivity index (χ1n) is 6.77. The first-order valence-corrected chi connectivity index (χ1v) is 6.77. The van der Waals surface area contributed by atoms with Gasteiger partial charge in [0.2, 0.25) is 0 Å². The van der Waals surface area contributed by atoms with Crippen molar-refractivity contribution in [2.75, 3.05) is 18.9 Å². The van der Waals surface area contributed by atoms with Gasteiger partial charge in [-0.2, -0.15) is 0 Å². The van der Waals surface area contributed by atoms with Gasteiger partial charge in [0.05, 0.1) is 5.56 Å². The Labute approximate surface area is 109 Å². The van der Waals surface area contributed by atoms with Crippen LogP contribution in [0.2, 0.25) is 0 Å². The zero-order valence-corrected chi connectivity index (χ0v) is 11.3. The second kappa shape index (κ2) is 5.89. The third-order valence-electron chi connectivity index (χ3n) is 3.75. The maximum atomic E-state index is 12.1. The van der Waals surface area contributed by atoms with Crippen LogP contribution in [0, 0.1) is 12.8 Å². The number of hydrogen-bond donors (Lipinski definition) is 2. The molecule has 1 aliphatic rings. The molecule has 0 atom stereocenters. The second-order valence-electron chi connectivity index (χ2n) is 5.14. The highest BCUT2D eigenvalue weighted by Crippen LogP contribution is 2.28. The van der Waals surface area contributed by atoms with Crippen LogP contribution in [0.25, 0.3) is 0 Å². The summed E-state index contributed by atoms with van der Waals surface area (Å²) in [5, 5.41) is 6.09. The highest BCUT2D eigenvalue weighted by molar-refractivity contribution is 5.99. The van der Waals surface area contributed by atoms with E-state index in [4.69, 9.17) is 0 Å². The number of benzene rings is 1. The maximum Gasteiger partial charge on any atom is 0.253 e. The largest absolute Gasteiger partial charge is 0.387 e. The Morgan fingerprint density at radius 1 is 1.39 bits per heavy atom. The average Bonchev–Trinajstić information content (AvgIpc) is 2.31. The van der Waals surface area contributed by atoms with E-state index in [1.165, 1.54) is 19.3 Å². The van der Waals surface area contributed by atoms with Crippen molar-refractivity contribution in [3.8, 4) is 0 Å². The van der Waals surface area contributed by atoms with Crippen LogP contribution in [-0.2, 0) is 0 Å². The quantitative estimate of drug-likeness (QED) is 0.838. The Balaban J connectivity index is 1.90. The fraction of sp³-hybridized carbons (Fsp3) is 0.533. The molecule has 0 aliphatic heterocycles. The lowest BCUT2D eigenvalue weighted by Crippen LogP contribution is -2.28. The summed E-state index contributed by atoms with van der Waals surface area (Å²) in [5.74, 6) is 0.866. The van der Waals surface area contributed by atoms with Crippen molar-refractivity contribution in [2.24, 2.45) is 5.92 Å². The molecule has 98 valence electrons. The Hall–Kier alpha value is -1.51. The molecular weight excluding hydrogens is 224 g/mol. The van der Waals surface area contributed by atoms with Crippen LogP contribution in [0.4, 0.5) is 5.69 Å². The van der Waals surface area contributed by atoms with Gasteiger partial charge in [-0.05, 0) is 37.0 Å². The molecule has 2 rings (SSSR count). The first-order chi connectivity index (χ1) is 8.70. The molecule has 1 saturated carbocycles. The van der Waals surface area contributed by atoms with Crippen molar-refractivity contribution >= 4 is 11.6 Å². The lowest BCUT2D eigenvalue weighted by Gasteiger charge is -2.25. The molecule has 0 radical (unpaired) electrons. The molecule has 1 aromatic carbocycles. The Morgan fingerprint density at radius 2 is 2.17 bits per heavy atom. The molecule has 0 saturated heterocycles. The molecule has 3 nitrogen and oxygen atoms in total. The SMILES string of the molecule is CNc1cc(C)ccc1C(=O)NCCC1CCC1. The van der Waals surface area contributed by atoms with Crippen molar-refractivity contribution in [3.63, 3.8) is 0 Å². The number of rotatable bonds is 5. The maximum absolute atomic E-state index is 12.1. The summed E-state index contributed by atoms with van der Waals surface area (Å²) in [5.41, 5.74) is 2.79. The van der Waals surface area contributed by atoms with Gasteiger partial charge in [-0.1, -0.05) is 25.3 Å². The topological polar surface area (TPSA) is 41.1 Å². The summed E-state index contributed by atoms with van der Waals surface area (Å²) in [7, 11) is 1.85. The highest BCUT2D eigenvalue weighted by Gasteiger charge is 2.17. The van der Waals surface area contributed by atoms with E-state index in [2.05, 4.69) is 10.6 Å². The molecule has 18 heavy (non-hydrogen) atoms. The van der Waals surface area contributed by atoms with Crippen molar-refractivity contribution in [1.82, 2.24) is 5.32 Å². The molecule has 1 aliphatic carbocycles. The summed E-state index contributed by atoms with van der Waals surface area (Å²) < 4.78 is 0. The van der Waals surface area contributed by atoms with E-state index in [1.54, 1.807) is 0 Å². The Morgan fingerprint density at radius 3 is 2.78 bits per heavy atom. The van der Waals surface area contributed by atoms with Gasteiger partial charge in [0.25, 0.3) is 5.91 Å². The molecule has 0 bridgehead atoms. The molecule has 0 spiro atoms. The molecule has 0 heterocycles. The van der Waals surface area contributed by atoms with Crippen LogP contribution in [0.1, 0.15) is 41.6 Å². The zero-order chi connectivity index (χ0) is 13.0. The monoisotopic (exact) mass is 246 g/mol. The van der Waals surface area contributed by atoms with Crippen LogP contribution < -0.4 is 10.6 Å². The van der Waals surface area contributed by atoms with Crippen LogP contribution in [0.15, 0.2) is 18.2 Å². The summed E-state index contributed by atoms with van der Waals surface area (Å²) >= 11 is 0. The van der Waals surface area contributed by atoms with E-state index >= 15 is 0 Å². The van der Waals surface area contributed by atoms with Crippen molar-refractivity contribution in [2.45, 2.75) is 32.6 Å². The molecule has 1 amide bonds. The average molecular weight is 246 g/mol. The number of carbonyl (C=O) groups excluding carboxylic acids is 1. The fourth-order valence-corrected chi connectivity index (χ4v) is 2.33. The summed E-state index contributed by atoms with van der Waals surface area (Å²) in [6, 6.07) is 5.86. The van der Waals surface area contributed by atoms with Gasteiger partial charge in [-0.3, -0.25) is 4.79 Å². The van der Waals surface area contributed by atoms with E-state index in [-0.39, 0.29) is 5.91 Å². The zero-order valence-electron chi connectivity index (χ0n) is 11.3. The lowest BCUT2D eigenvalue weighted by atomic mass is 9.83. The molecule has 1 aromatic rings. The first kappa shape index (κ1) is 12.9. The van der Waals surface area contributed by atoms with Crippen molar-refractivity contribution in [1.29, 1.82) is 0 Å². The van der Waals surface area contributed by atoms with Gasteiger partial charge in [0.15, 0.2) is 0 Å². The van der Waals surface area contributed by atoms with Gasteiger partial charge in [-0.15, -0.1) is 0 Å². The van der Waals surface area contributed by atoms with Crippen molar-refractivity contribution in [3.05, 3.63) is 29.3 Å². The number of aryl methyl sites for hydroxylation is 1. The minimum atomic E-state index is 0.0265. The van der Waals surface area contributed by atoms with Gasteiger partial charge >= 0.3 is 0 Å². The normalized spacial score (nSPS) is 15.0. The number of anilines is 1. The summed E-state index contributed by atoms with van der Waals surface area (Å²) in [4.78, 5) is 12.1. The number of carbonyl (C=O) groups is 1. The molecular formula is C15H22N2O. The van der Waals surface area contributed by atoms with Crippen LogP contribution in [0.3, 0.4) is 0 Å². The Bertz CT molecular complexity index is 425. The smallest absolute Gasteiger partial charge is 0.253 e. The third-order valence-corrected chi connectivity index (χ3v) is 3.75. The minimum Gasteiger partial charge on any atom is -0.387 e. The molecule has 1 fully saturated rings. The molecule has 3 heteroatoms. The van der Waals surface area contributed by atoms with E-state index in [0.29, 0.717) is 0 Å². The van der Waals surface area contributed by atoms with Gasteiger partial charge in [0, 0.05) is 19.3 Å². The van der Waals surface area contributed by atoms with Gasteiger partial charge in [-0.25, -0.2) is 0 Å². The molecule has 0 unspecified atom stereocenters. The standard InChI is InChI=1S/C15H22N2O/c1-11-6-7-13(14(10-11)16-2)15(18)17-9-8-12-4-3-5-12/h6-7,10,12,16H,3-5,8-9H2,1-2H3,(H,17,18). The Kier molecular flexibility index (Phi) is 4.24. The predicted molar refractivity (Wildman–Crippen MR) is 75.0 cm³/mol. The van der Waals surface area contributed by atoms with Gasteiger partial charge < -0.3 is 10.6 Å². The number of amides is 1. The van der Waals surface area contributed by atoms with Crippen LogP contribution in [-0.4, -0.2) is 19.5 Å². The predicted octanol–water partition coefficient (Wildman–Crippen LogP) is 2.96. The summed E-state index contributed by atoms with van der Waals surface area (Å²) in [6.45, 7) is 2.82. The summed E-state index contributed by atoms with van der Waals surface area (Å²) in [6.07, 6.45) is 5.15. The third kappa shape index (κ3) is 3.03. The number of nitrogens with one attached hydrogen (secondary N) is 2. The fourth-order valence-electron chi connectivity index (χ4n) is 2.33. The van der Waals surface area contributed by atoms with Crippen LogP contribution >= 0.6 is 0 Å². The second-order valence-corrected chi connectivity index (χ2v) is 5.14. The molecule has 2 N–H and O–H groups in total. The van der Waals surface area contributed by atoms with Crippen LogP contribution in [0.5, 0.6) is 0 Å². The van der Waals surface area contributed by atoms with Crippen molar-refractivity contribution < 1.29 is 4.79 Å². The van der Waals surface area contributed by atoms with E-state index in [0.717, 1.165) is 35.7 Å². The number of hydrogen-bond acceptors (Lipinski definition) is 2.